The molecule has 1 aromatic carbocycles. The van der Waals surface area contributed by atoms with Gasteiger partial charge in [0.2, 0.25) is 15.9 Å². The molecule has 6 nitrogen and oxygen atoms in total. The van der Waals surface area contributed by atoms with E-state index in [-0.39, 0.29) is 22.6 Å². The number of nitrogens with zero attached hydrogens (tertiary/aromatic N) is 2. The molecular weight excluding hydrogens is 338 g/mol. The molecule has 2 rings (SSSR count). The van der Waals surface area contributed by atoms with Gasteiger partial charge in [-0.1, -0.05) is 27.7 Å². The van der Waals surface area contributed by atoms with Gasteiger partial charge in [0.1, 0.15) is 0 Å². The predicted molar refractivity (Wildman–Crippen MR) is 101 cm³/mol. The van der Waals surface area contributed by atoms with Crippen molar-refractivity contribution in [1.29, 1.82) is 0 Å². The van der Waals surface area contributed by atoms with Gasteiger partial charge in [0.25, 0.3) is 0 Å². The molecule has 1 heterocycles. The lowest BCUT2D eigenvalue weighted by Crippen LogP contribution is -2.37. The van der Waals surface area contributed by atoms with Crippen LogP contribution >= 0.6 is 0 Å². The quantitative estimate of drug-likeness (QED) is 0.751. The molecule has 0 atom stereocenters. The van der Waals surface area contributed by atoms with Crippen molar-refractivity contribution in [1.82, 2.24) is 4.31 Å². The van der Waals surface area contributed by atoms with Gasteiger partial charge in [-0.2, -0.15) is 4.31 Å². The first-order valence-electron chi connectivity index (χ1n) is 8.83. The second-order valence-electron chi connectivity index (χ2n) is 7.48. The number of carbonyl (C=O) groups is 1. The van der Waals surface area contributed by atoms with Crippen LogP contribution in [0.25, 0.3) is 0 Å². The van der Waals surface area contributed by atoms with Crippen molar-refractivity contribution in [3.05, 3.63) is 18.2 Å². The Balaban J connectivity index is 2.34. The number of nitrogens with two attached hydrogens (primary N) is 1. The van der Waals surface area contributed by atoms with Gasteiger partial charge in [-0.05, 0) is 36.5 Å². The maximum Gasteiger partial charge on any atom is 0.243 e. The van der Waals surface area contributed by atoms with Crippen molar-refractivity contribution in [2.75, 3.05) is 30.3 Å². The third kappa shape index (κ3) is 4.52. The molecule has 0 bridgehead atoms. The van der Waals surface area contributed by atoms with E-state index in [0.29, 0.717) is 37.4 Å². The maximum absolute atomic E-state index is 13.0. The molecule has 1 saturated heterocycles. The zero-order valence-corrected chi connectivity index (χ0v) is 16.3. The van der Waals surface area contributed by atoms with E-state index in [9.17, 15) is 13.2 Å². The third-order valence-corrected chi connectivity index (χ3v) is 5.97. The normalized spacial score (nSPS) is 15.8. The summed E-state index contributed by atoms with van der Waals surface area (Å²) in [6, 6.07) is 4.68. The summed E-state index contributed by atoms with van der Waals surface area (Å²) in [5.74, 6) is 0.489. The van der Waals surface area contributed by atoms with E-state index < -0.39 is 10.0 Å². The second-order valence-corrected chi connectivity index (χ2v) is 9.42. The highest BCUT2D eigenvalue weighted by Gasteiger charge is 2.28. The standard InChI is InChI=1S/C18H29N3O3S/c1-13(2)11-20(12-14(3)4)25(23,24)15-7-8-17(16(19)10-15)21-9-5-6-18(21)22/h7-8,10,13-14H,5-6,9,11-12,19H2,1-4H3. The van der Waals surface area contributed by atoms with Crippen molar-refractivity contribution >= 4 is 27.3 Å². The molecule has 0 spiro atoms. The third-order valence-electron chi connectivity index (χ3n) is 4.14. The summed E-state index contributed by atoms with van der Waals surface area (Å²) in [6.07, 6.45) is 1.31. The SMILES string of the molecule is CC(C)CN(CC(C)C)S(=O)(=O)c1ccc(N2CCCC2=O)c(N)c1. The van der Waals surface area contributed by atoms with Gasteiger partial charge in [0.15, 0.2) is 0 Å². The first-order valence-corrected chi connectivity index (χ1v) is 10.3. The second kappa shape index (κ2) is 7.74. The largest absolute Gasteiger partial charge is 0.397 e. The predicted octanol–water partition coefficient (Wildman–Crippen LogP) is 2.70. The van der Waals surface area contributed by atoms with Crippen LogP contribution in [0.15, 0.2) is 23.1 Å². The smallest absolute Gasteiger partial charge is 0.243 e. The van der Waals surface area contributed by atoms with Crippen LogP contribution < -0.4 is 10.6 Å². The average Bonchev–Trinajstić information content (AvgIpc) is 2.91. The van der Waals surface area contributed by atoms with Crippen LogP contribution in [0.4, 0.5) is 11.4 Å². The van der Waals surface area contributed by atoms with Crippen LogP contribution in [0, 0.1) is 11.8 Å². The van der Waals surface area contributed by atoms with Gasteiger partial charge in [-0.25, -0.2) is 8.42 Å². The average molecular weight is 368 g/mol. The zero-order valence-electron chi connectivity index (χ0n) is 15.5. The lowest BCUT2D eigenvalue weighted by atomic mass is 10.2. The number of amides is 1. The molecule has 25 heavy (non-hydrogen) atoms. The van der Waals surface area contributed by atoms with Gasteiger partial charge in [-0.3, -0.25) is 4.79 Å². The van der Waals surface area contributed by atoms with Crippen LogP contribution in [-0.2, 0) is 14.8 Å². The molecule has 0 saturated carbocycles. The van der Waals surface area contributed by atoms with E-state index in [2.05, 4.69) is 0 Å². The summed E-state index contributed by atoms with van der Waals surface area (Å²) >= 11 is 0. The highest BCUT2D eigenvalue weighted by Crippen LogP contribution is 2.31. The molecule has 1 amide bonds. The fraction of sp³-hybridized carbons (Fsp3) is 0.611. The van der Waals surface area contributed by atoms with E-state index in [1.807, 2.05) is 27.7 Å². The van der Waals surface area contributed by atoms with E-state index in [0.717, 1.165) is 6.42 Å². The van der Waals surface area contributed by atoms with Gasteiger partial charge >= 0.3 is 0 Å². The van der Waals surface area contributed by atoms with Gasteiger partial charge in [0, 0.05) is 26.1 Å². The number of hydrogen-bond donors (Lipinski definition) is 1. The maximum atomic E-state index is 13.0. The molecule has 0 aliphatic carbocycles. The molecule has 1 aliphatic heterocycles. The van der Waals surface area contributed by atoms with Crippen LogP contribution in [0.5, 0.6) is 0 Å². The zero-order chi connectivity index (χ0) is 18.8. The summed E-state index contributed by atoms with van der Waals surface area (Å²) in [5.41, 5.74) is 7.01. The number of sulfonamides is 1. The van der Waals surface area contributed by atoms with Crippen molar-refractivity contribution in [2.24, 2.45) is 11.8 Å². The Kier molecular flexibility index (Phi) is 6.11. The summed E-state index contributed by atoms with van der Waals surface area (Å²) in [6.45, 7) is 9.55. The molecular formula is C18H29N3O3S. The van der Waals surface area contributed by atoms with E-state index in [4.69, 9.17) is 5.73 Å². The molecule has 1 aromatic rings. The van der Waals surface area contributed by atoms with Crippen molar-refractivity contribution in [3.8, 4) is 0 Å². The molecule has 140 valence electrons. The molecule has 7 heteroatoms. The minimum Gasteiger partial charge on any atom is -0.397 e. The highest BCUT2D eigenvalue weighted by atomic mass is 32.2. The molecule has 1 aliphatic rings. The molecule has 2 N–H and O–H groups in total. The summed E-state index contributed by atoms with van der Waals surface area (Å²) < 4.78 is 27.6. The molecule has 0 aromatic heterocycles. The van der Waals surface area contributed by atoms with Crippen molar-refractivity contribution in [3.63, 3.8) is 0 Å². The van der Waals surface area contributed by atoms with Crippen molar-refractivity contribution < 1.29 is 13.2 Å². The topological polar surface area (TPSA) is 83.7 Å². The Labute approximate surface area is 151 Å². The monoisotopic (exact) mass is 367 g/mol. The molecule has 0 unspecified atom stereocenters. The van der Waals surface area contributed by atoms with Crippen molar-refractivity contribution in [2.45, 2.75) is 45.4 Å². The number of carbonyl (C=O) groups excluding carboxylic acids is 1. The van der Waals surface area contributed by atoms with E-state index in [1.54, 1.807) is 17.0 Å². The minimum absolute atomic E-state index is 0.0311. The Hall–Kier alpha value is -1.60. The van der Waals surface area contributed by atoms with Gasteiger partial charge in [0.05, 0.1) is 16.3 Å². The molecule has 1 fully saturated rings. The number of benzene rings is 1. The van der Waals surface area contributed by atoms with Gasteiger partial charge in [-0.15, -0.1) is 0 Å². The van der Waals surface area contributed by atoms with E-state index in [1.165, 1.54) is 10.4 Å². The van der Waals surface area contributed by atoms with Gasteiger partial charge < -0.3 is 10.6 Å². The van der Waals surface area contributed by atoms with Crippen LogP contribution in [0.3, 0.4) is 0 Å². The molecule has 0 radical (unpaired) electrons. The Morgan fingerprint density at radius 2 is 1.76 bits per heavy atom. The number of nitrogen functional groups attached to an aromatic ring is 1. The first-order chi connectivity index (χ1) is 11.6. The highest BCUT2D eigenvalue weighted by molar-refractivity contribution is 7.89. The number of hydrogen-bond acceptors (Lipinski definition) is 4. The first kappa shape index (κ1) is 19.7. The fourth-order valence-electron chi connectivity index (χ4n) is 3.08. The van der Waals surface area contributed by atoms with Crippen LogP contribution in [-0.4, -0.2) is 38.3 Å². The Bertz CT molecular complexity index is 719. The van der Waals surface area contributed by atoms with E-state index >= 15 is 0 Å². The fourth-order valence-corrected chi connectivity index (χ4v) is 4.88. The number of rotatable bonds is 7. The Morgan fingerprint density at radius 3 is 2.20 bits per heavy atom. The minimum atomic E-state index is -3.62. The number of anilines is 2. The van der Waals surface area contributed by atoms with Crippen LogP contribution in [0.1, 0.15) is 40.5 Å². The summed E-state index contributed by atoms with van der Waals surface area (Å²) in [5, 5.41) is 0. The lowest BCUT2D eigenvalue weighted by molar-refractivity contribution is -0.117. The summed E-state index contributed by atoms with van der Waals surface area (Å²) in [4.78, 5) is 13.7. The Morgan fingerprint density at radius 1 is 1.16 bits per heavy atom. The van der Waals surface area contributed by atoms with Crippen LogP contribution in [0.2, 0.25) is 0 Å². The lowest BCUT2D eigenvalue weighted by Gasteiger charge is -2.26. The summed E-state index contributed by atoms with van der Waals surface area (Å²) in [7, 11) is -3.62.